The summed E-state index contributed by atoms with van der Waals surface area (Å²) in [7, 11) is 2.17. The number of allylic oxidation sites excluding steroid dienone is 4. The number of nitrogens with zero attached hydrogens (tertiary/aromatic N) is 7. The number of ketones is 2. The lowest BCUT2D eigenvalue weighted by Crippen LogP contribution is -2.58. The van der Waals surface area contributed by atoms with Crippen LogP contribution in [0, 0.1) is 22.7 Å². The van der Waals surface area contributed by atoms with E-state index in [9.17, 15) is 14.7 Å². The van der Waals surface area contributed by atoms with Gasteiger partial charge in [0.25, 0.3) is 0 Å². The lowest BCUT2D eigenvalue weighted by Gasteiger charge is -2.54. The highest BCUT2D eigenvalue weighted by Gasteiger charge is 2.64. The van der Waals surface area contributed by atoms with Crippen LogP contribution in [0.3, 0.4) is 0 Å². The molecule has 0 unspecified atom stereocenters. The summed E-state index contributed by atoms with van der Waals surface area (Å²) in [5, 5.41) is 12.3. The zero-order valence-electron chi connectivity index (χ0n) is 30.9. The fourth-order valence-electron chi connectivity index (χ4n) is 10.2. The summed E-state index contributed by atoms with van der Waals surface area (Å²) in [4.78, 5) is 48.0. The van der Waals surface area contributed by atoms with Gasteiger partial charge < -0.3 is 30.2 Å². The molecule has 3 heterocycles. The molecular weight excluding hydrogens is 654 g/mol. The summed E-state index contributed by atoms with van der Waals surface area (Å²) in [5.41, 5.74) is 0.981. The summed E-state index contributed by atoms with van der Waals surface area (Å²) < 4.78 is 0. The van der Waals surface area contributed by atoms with E-state index in [1.54, 1.807) is 0 Å². The topological polar surface area (TPSA) is 128 Å². The van der Waals surface area contributed by atoms with Crippen LogP contribution in [0.2, 0.25) is 0 Å². The van der Waals surface area contributed by atoms with Gasteiger partial charge in [-0.3, -0.25) is 14.5 Å². The van der Waals surface area contributed by atoms with Gasteiger partial charge in [0.05, 0.1) is 6.54 Å². The summed E-state index contributed by atoms with van der Waals surface area (Å²) in [6.45, 7) is 17.9. The average molecular weight is 714 g/mol. The first kappa shape index (κ1) is 38.7. The number of carbonyl (C=O) groups excluding carboxylic acids is 2. The summed E-state index contributed by atoms with van der Waals surface area (Å²) in [5.74, 6) is 3.69. The van der Waals surface area contributed by atoms with E-state index in [-0.39, 0.29) is 34.9 Å². The maximum atomic E-state index is 14.2. The van der Waals surface area contributed by atoms with Crippen LogP contribution in [0.1, 0.15) is 72.6 Å². The van der Waals surface area contributed by atoms with Gasteiger partial charge in [0.1, 0.15) is 17.2 Å². The monoisotopic (exact) mass is 713 g/mol. The minimum atomic E-state index is -1.31. The van der Waals surface area contributed by atoms with Gasteiger partial charge in [-0.2, -0.15) is 9.97 Å². The molecule has 0 radical (unpaired) electrons. The Bertz CT molecular complexity index is 1490. The van der Waals surface area contributed by atoms with E-state index in [1.165, 1.54) is 11.1 Å². The highest BCUT2D eigenvalue weighted by atomic mass is 35.5. The number of likely N-dealkylation sites (N-methyl/N-ethyl adjacent to an activating group) is 1. The smallest absolute Gasteiger partial charge is 0.229 e. The van der Waals surface area contributed by atoms with Gasteiger partial charge in [-0.1, -0.05) is 31.1 Å². The van der Waals surface area contributed by atoms with Gasteiger partial charge in [0.15, 0.2) is 11.6 Å². The van der Waals surface area contributed by atoms with Crippen molar-refractivity contribution in [1.29, 1.82) is 0 Å². The normalized spacial score (nSPS) is 32.9. The number of rotatable bonds is 8. The second-order valence-electron chi connectivity index (χ2n) is 15.9. The molecule has 1 aromatic rings. The number of aliphatic hydroxyl groups is 1. The van der Waals surface area contributed by atoms with E-state index in [0.717, 1.165) is 115 Å². The van der Waals surface area contributed by atoms with Crippen molar-refractivity contribution in [3.8, 4) is 0 Å². The summed E-state index contributed by atoms with van der Waals surface area (Å²) in [6, 6.07) is 2.15. The van der Waals surface area contributed by atoms with Crippen molar-refractivity contribution >= 4 is 41.6 Å². The van der Waals surface area contributed by atoms with Gasteiger partial charge in [-0.15, -0.1) is 12.4 Å². The number of piperazine rings is 2. The van der Waals surface area contributed by atoms with E-state index in [0.29, 0.717) is 31.2 Å². The second-order valence-corrected chi connectivity index (χ2v) is 15.9. The predicted octanol–water partition coefficient (Wildman–Crippen LogP) is 3.55. The zero-order valence-corrected chi connectivity index (χ0v) is 31.7. The van der Waals surface area contributed by atoms with Crippen molar-refractivity contribution in [2.45, 2.75) is 78.2 Å². The lowest BCUT2D eigenvalue weighted by atomic mass is 9.50. The van der Waals surface area contributed by atoms with Crippen LogP contribution >= 0.6 is 12.4 Å². The quantitative estimate of drug-likeness (QED) is 0.400. The van der Waals surface area contributed by atoms with E-state index in [1.807, 2.05) is 6.08 Å². The van der Waals surface area contributed by atoms with Crippen molar-refractivity contribution in [1.82, 2.24) is 19.8 Å². The van der Waals surface area contributed by atoms with Gasteiger partial charge >= 0.3 is 0 Å². The molecule has 0 amide bonds. The Hall–Kier alpha value is -2.57. The number of anilines is 3. The SMILES string of the molecule is CCN(CC)c1nc(N2CCN(C)CC2)cc(N2CCN(CC(=O)[C@@]3(O)CC[C@H]4[C@@H]5CCC6=CC(=O)CC[C@]6(C)C5=CC[C@@]43C)CC2)n1.Cl.O. The molecule has 5 atom stereocenters. The van der Waals surface area contributed by atoms with Crippen LogP contribution < -0.4 is 14.7 Å². The third-order valence-corrected chi connectivity index (χ3v) is 13.6. The van der Waals surface area contributed by atoms with Gasteiger partial charge in [0.2, 0.25) is 5.95 Å². The van der Waals surface area contributed by atoms with Crippen LogP contribution in [-0.2, 0) is 9.59 Å². The van der Waals surface area contributed by atoms with E-state index in [4.69, 9.17) is 9.97 Å². The fraction of sp³-hybridized carbons (Fsp3) is 0.737. The molecule has 0 spiro atoms. The number of hydrogen-bond donors (Lipinski definition) is 1. The first-order valence-electron chi connectivity index (χ1n) is 18.7. The minimum absolute atomic E-state index is 0. The summed E-state index contributed by atoms with van der Waals surface area (Å²) >= 11 is 0. The predicted molar refractivity (Wildman–Crippen MR) is 201 cm³/mol. The number of hydrogen-bond acceptors (Lipinski definition) is 10. The summed E-state index contributed by atoms with van der Waals surface area (Å²) in [6.07, 6.45) is 9.94. The molecule has 7 rings (SSSR count). The van der Waals surface area contributed by atoms with Crippen LogP contribution in [-0.4, -0.2) is 127 Å². The third kappa shape index (κ3) is 6.50. The molecule has 6 aliphatic rings. The van der Waals surface area contributed by atoms with Crippen molar-refractivity contribution < 1.29 is 20.2 Å². The molecule has 4 aliphatic carbocycles. The Kier molecular flexibility index (Phi) is 11.5. The van der Waals surface area contributed by atoms with E-state index >= 15 is 0 Å². The molecule has 278 valence electrons. The van der Waals surface area contributed by atoms with E-state index in [2.05, 4.69) is 71.4 Å². The van der Waals surface area contributed by atoms with Crippen molar-refractivity contribution in [3.05, 3.63) is 29.4 Å². The molecule has 50 heavy (non-hydrogen) atoms. The van der Waals surface area contributed by atoms with Crippen LogP contribution in [0.25, 0.3) is 0 Å². The Morgan fingerprint density at radius 1 is 0.940 bits per heavy atom. The maximum absolute atomic E-state index is 14.2. The first-order chi connectivity index (χ1) is 23.0. The molecule has 1 aromatic heterocycles. The first-order valence-corrected chi connectivity index (χ1v) is 18.7. The minimum Gasteiger partial charge on any atom is -0.412 e. The molecule has 0 bridgehead atoms. The van der Waals surface area contributed by atoms with Crippen molar-refractivity contribution in [3.63, 3.8) is 0 Å². The molecule has 12 heteroatoms. The van der Waals surface area contributed by atoms with Gasteiger partial charge in [0, 0.05) is 88.8 Å². The van der Waals surface area contributed by atoms with Gasteiger partial charge in [-0.25, -0.2) is 0 Å². The van der Waals surface area contributed by atoms with Crippen LogP contribution in [0.5, 0.6) is 0 Å². The lowest BCUT2D eigenvalue weighted by molar-refractivity contribution is -0.154. The molecule has 4 fully saturated rings. The Morgan fingerprint density at radius 2 is 1.56 bits per heavy atom. The number of Topliss-reactive ketones (excluding diaryl/α,β-unsaturated/α-hetero) is 1. The van der Waals surface area contributed by atoms with Crippen molar-refractivity contribution in [2.24, 2.45) is 22.7 Å². The molecule has 2 saturated heterocycles. The Balaban J connectivity index is 0.00000243. The van der Waals surface area contributed by atoms with Crippen LogP contribution in [0.15, 0.2) is 29.4 Å². The number of halogens is 1. The molecule has 2 aliphatic heterocycles. The standard InChI is InChI=1S/C38H57N7O3.ClH.H2O/c1-6-43(7-2)35-39-33(44-20-16-41(5)17-21-44)25-34(40-35)45-22-18-42(19-23-45)26-32(47)38(48)15-12-31-29-9-8-27-24-28(46)10-13-36(27,3)30(29)11-14-37(31,38)4;;/h11,24-25,29,31,48H,6-10,12-23,26H2,1-5H3;1H;1H2/t29-,31+,36+,37+,38+;;/m1../s1. The van der Waals surface area contributed by atoms with E-state index < -0.39 is 11.0 Å². The highest BCUT2D eigenvalue weighted by molar-refractivity contribution is 5.92. The molecule has 2 saturated carbocycles. The largest absolute Gasteiger partial charge is 0.412 e. The average Bonchev–Trinajstić information content (AvgIpc) is 3.37. The highest BCUT2D eigenvalue weighted by Crippen LogP contribution is 2.65. The second kappa shape index (κ2) is 14.8. The Morgan fingerprint density at radius 3 is 2.18 bits per heavy atom. The van der Waals surface area contributed by atoms with Crippen LogP contribution in [0.4, 0.5) is 17.6 Å². The molecule has 11 nitrogen and oxygen atoms in total. The van der Waals surface area contributed by atoms with Gasteiger partial charge in [-0.05, 0) is 77.3 Å². The number of aromatic nitrogens is 2. The maximum Gasteiger partial charge on any atom is 0.229 e. The molecule has 0 aromatic carbocycles. The zero-order chi connectivity index (χ0) is 33.8. The molecule has 3 N–H and O–H groups in total. The number of carbonyl (C=O) groups is 2. The Labute approximate surface area is 304 Å². The third-order valence-electron chi connectivity index (χ3n) is 13.6. The fourth-order valence-corrected chi connectivity index (χ4v) is 10.2. The van der Waals surface area contributed by atoms with Crippen molar-refractivity contribution in [2.75, 3.05) is 93.7 Å². The molecular formula is C38H60ClN7O4. The number of fused-ring (bicyclic) bond motifs is 5.